The Morgan fingerprint density at radius 2 is 2.00 bits per heavy atom. The van der Waals surface area contributed by atoms with E-state index in [-0.39, 0.29) is 5.41 Å². The van der Waals surface area contributed by atoms with Crippen molar-refractivity contribution < 1.29 is 0 Å². The Morgan fingerprint density at radius 3 is 2.61 bits per heavy atom. The molecule has 0 bridgehead atoms. The molecule has 0 amide bonds. The topological polar surface area (TPSA) is 12.0 Å². The second-order valence-corrected chi connectivity index (χ2v) is 7.21. The largest absolute Gasteiger partial charge is 0.319 e. The summed E-state index contributed by atoms with van der Waals surface area (Å²) in [6.07, 6.45) is 2.90. The molecule has 2 aromatic rings. The number of likely N-dealkylation sites (N-methyl/N-ethyl adjacent to an activating group) is 1. The molecule has 1 N–H and O–H groups in total. The lowest BCUT2D eigenvalue weighted by molar-refractivity contribution is 0.605. The van der Waals surface area contributed by atoms with Gasteiger partial charge in [0.1, 0.15) is 0 Å². The Bertz CT molecular complexity index is 753. The highest BCUT2D eigenvalue weighted by Gasteiger charge is 2.55. The summed E-state index contributed by atoms with van der Waals surface area (Å²) in [5, 5.41) is 4.95. The first-order chi connectivity index (χ1) is 11.0. The molecule has 1 aliphatic rings. The summed E-state index contributed by atoms with van der Waals surface area (Å²) >= 11 is 12.7. The molecule has 1 aliphatic carbocycles. The smallest absolute Gasteiger partial charge is 0.0481 e. The molecule has 2 atom stereocenters. The van der Waals surface area contributed by atoms with E-state index in [0.717, 1.165) is 34.1 Å². The van der Waals surface area contributed by atoms with Gasteiger partial charge in [-0.15, -0.1) is 0 Å². The van der Waals surface area contributed by atoms with Gasteiger partial charge in [-0.1, -0.05) is 60.1 Å². The zero-order valence-electron chi connectivity index (χ0n) is 13.5. The first-order valence-corrected chi connectivity index (χ1v) is 8.60. The molecule has 1 nitrogen and oxygen atoms in total. The zero-order chi connectivity index (χ0) is 16.6. The second-order valence-electron chi connectivity index (χ2n) is 6.39. The van der Waals surface area contributed by atoms with E-state index in [4.69, 9.17) is 23.2 Å². The van der Waals surface area contributed by atoms with Crippen LogP contribution in [0.3, 0.4) is 0 Å². The number of halogens is 2. The summed E-state index contributed by atoms with van der Waals surface area (Å²) in [6, 6.07) is 12.7. The lowest BCUT2D eigenvalue weighted by Crippen LogP contribution is -2.25. The number of hydrogen-bond donors (Lipinski definition) is 1. The summed E-state index contributed by atoms with van der Waals surface area (Å²) in [7, 11) is 2.00. The fourth-order valence-electron chi connectivity index (χ4n) is 3.50. The van der Waals surface area contributed by atoms with Gasteiger partial charge in [-0.05, 0) is 60.7 Å². The van der Waals surface area contributed by atoms with E-state index in [2.05, 4.69) is 48.3 Å². The molecule has 0 unspecified atom stereocenters. The number of rotatable bonds is 5. The number of benzene rings is 2. The summed E-state index contributed by atoms with van der Waals surface area (Å²) in [4.78, 5) is 0. The molecule has 3 heteroatoms. The van der Waals surface area contributed by atoms with E-state index in [1.165, 1.54) is 11.1 Å². The van der Waals surface area contributed by atoms with Crippen molar-refractivity contribution in [2.75, 3.05) is 13.6 Å². The van der Waals surface area contributed by atoms with Gasteiger partial charge in [0, 0.05) is 22.0 Å². The van der Waals surface area contributed by atoms with Crippen LogP contribution in [0.15, 0.2) is 43.0 Å². The Morgan fingerprint density at radius 1 is 1.22 bits per heavy atom. The molecule has 2 aromatic carbocycles. The van der Waals surface area contributed by atoms with Crippen LogP contribution in [0.5, 0.6) is 0 Å². The highest BCUT2D eigenvalue weighted by atomic mass is 35.5. The third kappa shape index (κ3) is 2.94. The van der Waals surface area contributed by atoms with E-state index in [9.17, 15) is 0 Å². The highest BCUT2D eigenvalue weighted by Crippen LogP contribution is 2.60. The standard InChI is InChI=1S/C20H21Cl2N/c1-4-14-6-7-15(9-19(14)22)17-11-20(17,12-23-3)16-8-5-13(2)18(21)10-16/h4-10,17,23H,1,11-12H2,2-3H3/t17-,20-/m0/s1. The van der Waals surface area contributed by atoms with Crippen LogP contribution in [0.1, 0.15) is 34.6 Å². The van der Waals surface area contributed by atoms with Crippen LogP contribution in [-0.2, 0) is 5.41 Å². The van der Waals surface area contributed by atoms with Gasteiger partial charge in [0.05, 0.1) is 0 Å². The van der Waals surface area contributed by atoms with E-state index in [1.54, 1.807) is 6.08 Å². The van der Waals surface area contributed by atoms with Gasteiger partial charge in [0.15, 0.2) is 0 Å². The lowest BCUT2D eigenvalue weighted by atomic mass is 9.90. The summed E-state index contributed by atoms with van der Waals surface area (Å²) in [5.41, 5.74) is 4.79. The van der Waals surface area contributed by atoms with Gasteiger partial charge < -0.3 is 5.32 Å². The molecule has 0 saturated heterocycles. The molecule has 1 fully saturated rings. The molecule has 0 spiro atoms. The van der Waals surface area contributed by atoms with Crippen LogP contribution < -0.4 is 5.32 Å². The Hall–Kier alpha value is -1.28. The maximum absolute atomic E-state index is 6.36. The maximum Gasteiger partial charge on any atom is 0.0481 e. The third-order valence-corrected chi connectivity index (χ3v) is 5.70. The van der Waals surface area contributed by atoms with Crippen LogP contribution in [0.2, 0.25) is 10.0 Å². The maximum atomic E-state index is 6.36. The lowest BCUT2D eigenvalue weighted by Gasteiger charge is -2.19. The summed E-state index contributed by atoms with van der Waals surface area (Å²) < 4.78 is 0. The van der Waals surface area contributed by atoms with Gasteiger partial charge >= 0.3 is 0 Å². The molecule has 120 valence electrons. The SMILES string of the molecule is C=Cc1ccc([C@@H]2C[C@]2(CNC)c2ccc(C)c(Cl)c2)cc1Cl. The van der Waals surface area contributed by atoms with Crippen LogP contribution in [0.25, 0.3) is 6.08 Å². The molecular weight excluding hydrogens is 325 g/mol. The molecular formula is C20H21Cl2N. The monoisotopic (exact) mass is 345 g/mol. The average molecular weight is 346 g/mol. The number of nitrogens with one attached hydrogen (secondary N) is 1. The molecule has 23 heavy (non-hydrogen) atoms. The van der Waals surface area contributed by atoms with Crippen molar-refractivity contribution in [3.8, 4) is 0 Å². The van der Waals surface area contributed by atoms with Crippen molar-refractivity contribution in [3.63, 3.8) is 0 Å². The summed E-state index contributed by atoms with van der Waals surface area (Å²) in [6.45, 7) is 6.76. The van der Waals surface area contributed by atoms with Crippen LogP contribution in [0, 0.1) is 6.92 Å². The normalized spacial score (nSPS) is 22.9. The highest BCUT2D eigenvalue weighted by molar-refractivity contribution is 6.32. The van der Waals surface area contributed by atoms with Crippen molar-refractivity contribution in [2.45, 2.75) is 24.7 Å². The van der Waals surface area contributed by atoms with Gasteiger partial charge in [0.2, 0.25) is 0 Å². The molecule has 0 radical (unpaired) electrons. The van der Waals surface area contributed by atoms with Crippen molar-refractivity contribution in [2.24, 2.45) is 0 Å². The van der Waals surface area contributed by atoms with Crippen molar-refractivity contribution in [1.29, 1.82) is 0 Å². The molecule has 0 aliphatic heterocycles. The minimum atomic E-state index is 0.102. The van der Waals surface area contributed by atoms with Crippen molar-refractivity contribution in [3.05, 3.63) is 75.3 Å². The molecule has 0 aromatic heterocycles. The predicted molar refractivity (Wildman–Crippen MR) is 101 cm³/mol. The predicted octanol–water partition coefficient (Wildman–Crippen LogP) is 5.59. The number of aryl methyl sites for hydroxylation is 1. The molecule has 3 rings (SSSR count). The van der Waals surface area contributed by atoms with Crippen molar-refractivity contribution >= 4 is 29.3 Å². The zero-order valence-corrected chi connectivity index (χ0v) is 15.0. The van der Waals surface area contributed by atoms with E-state index in [0.29, 0.717) is 5.92 Å². The van der Waals surface area contributed by atoms with E-state index in [1.807, 2.05) is 14.0 Å². The minimum absolute atomic E-state index is 0.102. The molecule has 0 heterocycles. The van der Waals surface area contributed by atoms with Gasteiger partial charge in [0.25, 0.3) is 0 Å². The Labute approximate surface area is 148 Å². The average Bonchev–Trinajstić information content (AvgIpc) is 3.26. The fourth-order valence-corrected chi connectivity index (χ4v) is 3.95. The number of hydrogen-bond acceptors (Lipinski definition) is 1. The quantitative estimate of drug-likeness (QED) is 0.744. The Balaban J connectivity index is 1.97. The van der Waals surface area contributed by atoms with Crippen molar-refractivity contribution in [1.82, 2.24) is 5.32 Å². The van der Waals surface area contributed by atoms with E-state index < -0.39 is 0 Å². The minimum Gasteiger partial charge on any atom is -0.319 e. The Kier molecular flexibility index (Phi) is 4.55. The van der Waals surface area contributed by atoms with E-state index >= 15 is 0 Å². The van der Waals surface area contributed by atoms with Crippen LogP contribution in [-0.4, -0.2) is 13.6 Å². The van der Waals surface area contributed by atoms with Gasteiger partial charge in [-0.3, -0.25) is 0 Å². The third-order valence-electron chi connectivity index (χ3n) is 4.96. The van der Waals surface area contributed by atoms with Crippen LogP contribution >= 0.6 is 23.2 Å². The molecule has 1 saturated carbocycles. The van der Waals surface area contributed by atoms with Gasteiger partial charge in [-0.2, -0.15) is 0 Å². The summed E-state index contributed by atoms with van der Waals surface area (Å²) in [5.74, 6) is 0.463. The van der Waals surface area contributed by atoms with Gasteiger partial charge in [-0.25, -0.2) is 0 Å². The first-order valence-electron chi connectivity index (χ1n) is 7.85. The van der Waals surface area contributed by atoms with Crippen LogP contribution in [0.4, 0.5) is 0 Å². The first kappa shape index (κ1) is 16.6. The second kappa shape index (κ2) is 6.32. The fraction of sp³-hybridized carbons (Fsp3) is 0.300.